The van der Waals surface area contributed by atoms with Crippen LogP contribution in [0, 0.1) is 23.2 Å². The van der Waals surface area contributed by atoms with Crippen molar-refractivity contribution in [2.75, 3.05) is 19.8 Å². The van der Waals surface area contributed by atoms with E-state index in [-0.39, 0.29) is 5.41 Å². The molecule has 0 aromatic heterocycles. The second-order valence-electron chi connectivity index (χ2n) is 5.49. The summed E-state index contributed by atoms with van der Waals surface area (Å²) in [6, 6.07) is 0. The Hall–Kier alpha value is -0.0800. The highest BCUT2D eigenvalue weighted by molar-refractivity contribution is 4.93. The number of hydrogen-bond donors (Lipinski definition) is 1. The van der Waals surface area contributed by atoms with Crippen molar-refractivity contribution < 1.29 is 9.84 Å². The summed E-state index contributed by atoms with van der Waals surface area (Å²) in [6.07, 6.45) is 1.18. The summed E-state index contributed by atoms with van der Waals surface area (Å²) in [6.45, 7) is 10.9. The zero-order valence-electron chi connectivity index (χ0n) is 9.92. The van der Waals surface area contributed by atoms with Crippen LogP contribution in [0.5, 0.6) is 0 Å². The van der Waals surface area contributed by atoms with Gasteiger partial charge in [0.05, 0.1) is 13.2 Å². The topological polar surface area (TPSA) is 29.5 Å². The first-order valence-electron chi connectivity index (χ1n) is 5.70. The van der Waals surface area contributed by atoms with Crippen LogP contribution in [0.3, 0.4) is 0 Å². The van der Waals surface area contributed by atoms with Gasteiger partial charge in [-0.15, -0.1) is 0 Å². The molecule has 1 unspecified atom stereocenters. The Morgan fingerprint density at radius 1 is 1.21 bits per heavy atom. The molecule has 0 saturated carbocycles. The van der Waals surface area contributed by atoms with Crippen LogP contribution in [0.15, 0.2) is 0 Å². The maximum atomic E-state index is 9.45. The van der Waals surface area contributed by atoms with Gasteiger partial charge in [-0.1, -0.05) is 27.7 Å². The number of aliphatic hydroxyl groups excluding tert-OH is 1. The van der Waals surface area contributed by atoms with Crippen LogP contribution in [0.4, 0.5) is 0 Å². The fourth-order valence-corrected chi connectivity index (χ4v) is 2.77. The van der Waals surface area contributed by atoms with Crippen molar-refractivity contribution >= 4 is 0 Å². The molecule has 1 N–H and O–H groups in total. The smallest absolute Gasteiger partial charge is 0.0548 e. The molecule has 1 aliphatic rings. The molecule has 1 atom stereocenters. The zero-order chi connectivity index (χ0) is 10.8. The number of ether oxygens (including phenoxy) is 1. The fourth-order valence-electron chi connectivity index (χ4n) is 2.77. The van der Waals surface area contributed by atoms with Crippen molar-refractivity contribution in [2.24, 2.45) is 23.2 Å². The van der Waals surface area contributed by atoms with Gasteiger partial charge >= 0.3 is 0 Å². The summed E-state index contributed by atoms with van der Waals surface area (Å²) in [5, 5.41) is 9.45. The molecular formula is C12H24O2. The van der Waals surface area contributed by atoms with E-state index in [4.69, 9.17) is 4.74 Å². The zero-order valence-corrected chi connectivity index (χ0v) is 9.92. The standard InChI is InChI=1S/C12H24O2/c1-9(2)5-12(7-14-8-12)11(6-13)10(3)4/h9-11,13H,5-8H2,1-4H3. The Morgan fingerprint density at radius 3 is 2.00 bits per heavy atom. The predicted octanol–water partition coefficient (Wildman–Crippen LogP) is 2.31. The molecule has 84 valence electrons. The van der Waals surface area contributed by atoms with Gasteiger partial charge in [0.15, 0.2) is 0 Å². The molecule has 1 heterocycles. The minimum Gasteiger partial charge on any atom is -0.396 e. The van der Waals surface area contributed by atoms with Crippen LogP contribution in [0.2, 0.25) is 0 Å². The lowest BCUT2D eigenvalue weighted by atomic mass is 9.65. The van der Waals surface area contributed by atoms with E-state index < -0.39 is 0 Å². The van der Waals surface area contributed by atoms with Gasteiger partial charge in [-0.2, -0.15) is 0 Å². The van der Waals surface area contributed by atoms with E-state index in [1.807, 2.05) is 0 Å². The monoisotopic (exact) mass is 200 g/mol. The van der Waals surface area contributed by atoms with E-state index in [1.54, 1.807) is 0 Å². The summed E-state index contributed by atoms with van der Waals surface area (Å²) in [5.41, 5.74) is 0.261. The largest absolute Gasteiger partial charge is 0.396 e. The summed E-state index contributed by atoms with van der Waals surface area (Å²) in [7, 11) is 0. The number of hydrogen-bond acceptors (Lipinski definition) is 2. The minimum atomic E-state index is 0.261. The summed E-state index contributed by atoms with van der Waals surface area (Å²) in [5.74, 6) is 1.63. The maximum Gasteiger partial charge on any atom is 0.0548 e. The van der Waals surface area contributed by atoms with Crippen LogP contribution in [-0.4, -0.2) is 24.9 Å². The van der Waals surface area contributed by atoms with Crippen LogP contribution in [0.25, 0.3) is 0 Å². The maximum absolute atomic E-state index is 9.45. The third-order valence-corrected chi connectivity index (χ3v) is 3.38. The van der Waals surface area contributed by atoms with Gasteiger partial charge in [-0.3, -0.25) is 0 Å². The van der Waals surface area contributed by atoms with Gasteiger partial charge in [-0.25, -0.2) is 0 Å². The van der Waals surface area contributed by atoms with E-state index >= 15 is 0 Å². The molecule has 0 amide bonds. The number of rotatable bonds is 5. The predicted molar refractivity (Wildman–Crippen MR) is 58.1 cm³/mol. The quantitative estimate of drug-likeness (QED) is 0.738. The molecule has 0 spiro atoms. The van der Waals surface area contributed by atoms with Crippen molar-refractivity contribution in [2.45, 2.75) is 34.1 Å². The number of aliphatic hydroxyl groups is 1. The van der Waals surface area contributed by atoms with Gasteiger partial charge in [0.1, 0.15) is 0 Å². The first-order valence-corrected chi connectivity index (χ1v) is 5.70. The molecule has 0 radical (unpaired) electrons. The summed E-state index contributed by atoms with van der Waals surface area (Å²) in [4.78, 5) is 0. The lowest BCUT2D eigenvalue weighted by molar-refractivity contribution is -0.173. The van der Waals surface area contributed by atoms with Crippen molar-refractivity contribution in [1.29, 1.82) is 0 Å². The van der Waals surface area contributed by atoms with Crippen molar-refractivity contribution in [3.05, 3.63) is 0 Å². The van der Waals surface area contributed by atoms with E-state index in [9.17, 15) is 5.11 Å². The first kappa shape index (κ1) is 12.0. The van der Waals surface area contributed by atoms with Crippen LogP contribution in [0.1, 0.15) is 34.1 Å². The normalized spacial score (nSPS) is 22.5. The molecule has 1 saturated heterocycles. The van der Waals surface area contributed by atoms with Crippen molar-refractivity contribution in [3.63, 3.8) is 0 Å². The Morgan fingerprint density at radius 2 is 1.79 bits per heavy atom. The molecule has 0 aliphatic carbocycles. The second kappa shape index (κ2) is 4.63. The fraction of sp³-hybridized carbons (Fsp3) is 1.00. The van der Waals surface area contributed by atoms with Crippen molar-refractivity contribution in [1.82, 2.24) is 0 Å². The Balaban J connectivity index is 2.66. The van der Waals surface area contributed by atoms with Crippen LogP contribution in [-0.2, 0) is 4.74 Å². The third-order valence-electron chi connectivity index (χ3n) is 3.38. The lowest BCUT2D eigenvalue weighted by Crippen LogP contribution is -2.52. The lowest BCUT2D eigenvalue weighted by Gasteiger charge is -2.49. The molecule has 1 rings (SSSR count). The van der Waals surface area contributed by atoms with Crippen LogP contribution >= 0.6 is 0 Å². The highest BCUT2D eigenvalue weighted by atomic mass is 16.5. The van der Waals surface area contributed by atoms with E-state index in [1.165, 1.54) is 6.42 Å². The van der Waals surface area contributed by atoms with Gasteiger partial charge in [-0.05, 0) is 24.2 Å². The second-order valence-corrected chi connectivity index (χ2v) is 5.49. The van der Waals surface area contributed by atoms with E-state index in [0.29, 0.717) is 24.4 Å². The van der Waals surface area contributed by atoms with Crippen molar-refractivity contribution in [3.8, 4) is 0 Å². The molecular weight excluding hydrogens is 176 g/mol. The minimum absolute atomic E-state index is 0.261. The highest BCUT2D eigenvalue weighted by Crippen LogP contribution is 2.44. The molecule has 0 bridgehead atoms. The first-order chi connectivity index (χ1) is 6.52. The molecule has 1 fully saturated rings. The molecule has 1 aliphatic heterocycles. The average molecular weight is 200 g/mol. The third kappa shape index (κ3) is 2.29. The molecule has 14 heavy (non-hydrogen) atoms. The summed E-state index contributed by atoms with van der Waals surface area (Å²) >= 11 is 0. The van der Waals surface area contributed by atoms with E-state index in [0.717, 1.165) is 13.2 Å². The Labute approximate surface area is 87.7 Å². The molecule has 2 heteroatoms. The average Bonchev–Trinajstić information content (AvgIpc) is 1.99. The highest BCUT2D eigenvalue weighted by Gasteiger charge is 2.46. The Bertz CT molecular complexity index is 171. The summed E-state index contributed by atoms with van der Waals surface area (Å²) < 4.78 is 5.36. The molecule has 0 aromatic rings. The molecule has 2 nitrogen and oxygen atoms in total. The van der Waals surface area contributed by atoms with Crippen LogP contribution < -0.4 is 0 Å². The SMILES string of the molecule is CC(C)CC1(C(CO)C(C)C)COC1. The molecule has 0 aromatic carbocycles. The van der Waals surface area contributed by atoms with Gasteiger partial charge in [0.25, 0.3) is 0 Å². The van der Waals surface area contributed by atoms with Gasteiger partial charge in [0.2, 0.25) is 0 Å². The van der Waals surface area contributed by atoms with Gasteiger partial charge in [0, 0.05) is 12.0 Å². The van der Waals surface area contributed by atoms with Gasteiger partial charge < -0.3 is 9.84 Å². The Kier molecular flexibility index (Phi) is 3.96. The van der Waals surface area contributed by atoms with E-state index in [2.05, 4.69) is 27.7 Å².